The van der Waals surface area contributed by atoms with Crippen LogP contribution in [-0.4, -0.2) is 11.7 Å². The lowest BCUT2D eigenvalue weighted by Gasteiger charge is -2.15. The normalized spacial score (nSPS) is 18.2. The van der Waals surface area contributed by atoms with Gasteiger partial charge in [0.25, 0.3) is 0 Å². The first-order valence-corrected chi connectivity index (χ1v) is 4.79. The van der Waals surface area contributed by atoms with Crippen molar-refractivity contribution in [1.82, 2.24) is 0 Å². The van der Waals surface area contributed by atoms with E-state index in [0.29, 0.717) is 17.7 Å². The fraction of sp³-hybridized carbons (Fsp3) is 0.455. The van der Waals surface area contributed by atoms with Gasteiger partial charge in [-0.2, -0.15) is 0 Å². The third-order valence-electron chi connectivity index (χ3n) is 3.10. The molecule has 1 aromatic carbocycles. The van der Waals surface area contributed by atoms with Crippen molar-refractivity contribution < 1.29 is 9.50 Å². The van der Waals surface area contributed by atoms with Gasteiger partial charge in [-0.25, -0.2) is 4.39 Å². The molecule has 0 unspecified atom stereocenters. The molecule has 1 fully saturated rings. The van der Waals surface area contributed by atoms with Crippen LogP contribution in [0.15, 0.2) is 12.1 Å². The first-order chi connectivity index (χ1) is 6.59. The van der Waals surface area contributed by atoms with Crippen LogP contribution in [-0.2, 0) is 5.41 Å². The van der Waals surface area contributed by atoms with Gasteiger partial charge in [-0.1, -0.05) is 0 Å². The van der Waals surface area contributed by atoms with Crippen LogP contribution in [0.5, 0.6) is 5.75 Å². The maximum Gasteiger partial charge on any atom is 0.127 e. The van der Waals surface area contributed by atoms with Crippen LogP contribution in [0.4, 0.5) is 4.39 Å². The van der Waals surface area contributed by atoms with Crippen LogP contribution in [0.2, 0.25) is 0 Å². The highest BCUT2D eigenvalue weighted by molar-refractivity contribution is 5.42. The number of rotatable bonds is 2. The summed E-state index contributed by atoms with van der Waals surface area (Å²) >= 11 is 0. The van der Waals surface area contributed by atoms with Crippen molar-refractivity contribution in [3.05, 3.63) is 29.1 Å². The van der Waals surface area contributed by atoms with Crippen molar-refractivity contribution in [1.29, 1.82) is 0 Å². The highest BCUT2D eigenvalue weighted by Gasteiger charge is 2.44. The van der Waals surface area contributed by atoms with E-state index in [1.807, 2.05) is 0 Å². The minimum atomic E-state index is -0.247. The molecule has 76 valence electrons. The smallest absolute Gasteiger partial charge is 0.127 e. The maximum atomic E-state index is 13.6. The average Bonchev–Trinajstić information content (AvgIpc) is 2.92. The average molecular weight is 195 g/mol. The van der Waals surface area contributed by atoms with Crippen LogP contribution in [0, 0.1) is 12.7 Å². The molecule has 1 saturated carbocycles. The minimum Gasteiger partial charge on any atom is -0.508 e. The quantitative estimate of drug-likeness (QED) is 0.756. The highest BCUT2D eigenvalue weighted by Crippen LogP contribution is 2.49. The number of halogens is 1. The van der Waals surface area contributed by atoms with Crippen molar-refractivity contribution in [2.75, 3.05) is 6.54 Å². The van der Waals surface area contributed by atoms with Gasteiger partial charge in [0, 0.05) is 12.0 Å². The molecule has 2 nitrogen and oxygen atoms in total. The van der Waals surface area contributed by atoms with E-state index in [0.717, 1.165) is 12.8 Å². The fourth-order valence-electron chi connectivity index (χ4n) is 1.80. The molecule has 1 aliphatic carbocycles. The maximum absolute atomic E-state index is 13.6. The molecule has 0 amide bonds. The van der Waals surface area contributed by atoms with E-state index in [2.05, 4.69) is 0 Å². The van der Waals surface area contributed by atoms with Crippen LogP contribution < -0.4 is 5.73 Å². The molecule has 0 saturated heterocycles. The van der Waals surface area contributed by atoms with Gasteiger partial charge in [0.1, 0.15) is 11.6 Å². The zero-order valence-corrected chi connectivity index (χ0v) is 8.18. The largest absolute Gasteiger partial charge is 0.508 e. The Kier molecular flexibility index (Phi) is 2.00. The number of aryl methyl sites for hydroxylation is 1. The second-order valence-electron chi connectivity index (χ2n) is 4.10. The van der Waals surface area contributed by atoms with Crippen molar-refractivity contribution in [3.63, 3.8) is 0 Å². The Balaban J connectivity index is 2.49. The number of phenols is 1. The summed E-state index contributed by atoms with van der Waals surface area (Å²) in [6.45, 7) is 2.14. The second-order valence-corrected chi connectivity index (χ2v) is 4.10. The van der Waals surface area contributed by atoms with E-state index in [9.17, 15) is 9.50 Å². The Bertz CT molecular complexity index is 372. The topological polar surface area (TPSA) is 46.2 Å². The fourth-order valence-corrected chi connectivity index (χ4v) is 1.80. The molecule has 0 radical (unpaired) electrons. The number of aromatic hydroxyl groups is 1. The van der Waals surface area contributed by atoms with Gasteiger partial charge >= 0.3 is 0 Å². The molecule has 2 rings (SSSR count). The van der Waals surface area contributed by atoms with E-state index in [-0.39, 0.29) is 17.0 Å². The third kappa shape index (κ3) is 1.28. The monoisotopic (exact) mass is 195 g/mol. The van der Waals surface area contributed by atoms with Crippen LogP contribution in [0.1, 0.15) is 24.0 Å². The predicted octanol–water partition coefficient (Wildman–Crippen LogP) is 1.83. The van der Waals surface area contributed by atoms with Crippen molar-refractivity contribution in [2.24, 2.45) is 5.73 Å². The Morgan fingerprint density at radius 3 is 2.64 bits per heavy atom. The van der Waals surface area contributed by atoms with Gasteiger partial charge in [0.15, 0.2) is 0 Å². The predicted molar refractivity (Wildman–Crippen MR) is 52.8 cm³/mol. The molecule has 1 aliphatic rings. The summed E-state index contributed by atoms with van der Waals surface area (Å²) < 4.78 is 13.6. The molecule has 3 N–H and O–H groups in total. The van der Waals surface area contributed by atoms with Crippen LogP contribution >= 0.6 is 0 Å². The van der Waals surface area contributed by atoms with Gasteiger partial charge in [-0.3, -0.25) is 0 Å². The summed E-state index contributed by atoms with van der Waals surface area (Å²) in [4.78, 5) is 0. The number of nitrogens with two attached hydrogens (primary N) is 1. The second kappa shape index (κ2) is 2.95. The molecule has 0 spiro atoms. The van der Waals surface area contributed by atoms with E-state index < -0.39 is 0 Å². The Hall–Kier alpha value is -1.09. The molecular weight excluding hydrogens is 181 g/mol. The van der Waals surface area contributed by atoms with Crippen LogP contribution in [0.3, 0.4) is 0 Å². The standard InChI is InChI=1S/C11H14FNO/c1-7-4-9(12)8(5-10(7)14)11(6-13)2-3-11/h4-5,14H,2-3,6,13H2,1H3. The summed E-state index contributed by atoms with van der Waals surface area (Å²) in [6.07, 6.45) is 1.84. The summed E-state index contributed by atoms with van der Waals surface area (Å²) in [6, 6.07) is 2.89. The van der Waals surface area contributed by atoms with Gasteiger partial charge in [0.2, 0.25) is 0 Å². The molecule has 0 bridgehead atoms. The third-order valence-corrected chi connectivity index (χ3v) is 3.10. The molecule has 14 heavy (non-hydrogen) atoms. The molecule has 0 aliphatic heterocycles. The molecule has 0 heterocycles. The molecule has 3 heteroatoms. The zero-order valence-electron chi connectivity index (χ0n) is 8.18. The van der Waals surface area contributed by atoms with Crippen LogP contribution in [0.25, 0.3) is 0 Å². The Morgan fingerprint density at radius 2 is 2.14 bits per heavy atom. The summed E-state index contributed by atoms with van der Waals surface area (Å²) in [5, 5.41) is 9.50. The lowest BCUT2D eigenvalue weighted by atomic mass is 9.94. The highest BCUT2D eigenvalue weighted by atomic mass is 19.1. The SMILES string of the molecule is Cc1cc(F)c(C2(CN)CC2)cc1O. The number of hydrogen-bond donors (Lipinski definition) is 2. The number of phenolic OH excluding ortho intramolecular Hbond substituents is 1. The minimum absolute atomic E-state index is 0.154. The molecule has 0 atom stereocenters. The van der Waals surface area contributed by atoms with Crippen molar-refractivity contribution in [3.8, 4) is 5.75 Å². The Labute approximate surface area is 82.5 Å². The summed E-state index contributed by atoms with van der Waals surface area (Å²) in [5.74, 6) is -0.0932. The van der Waals surface area contributed by atoms with Crippen molar-refractivity contribution >= 4 is 0 Å². The van der Waals surface area contributed by atoms with Gasteiger partial charge in [-0.15, -0.1) is 0 Å². The van der Waals surface area contributed by atoms with E-state index in [4.69, 9.17) is 5.73 Å². The van der Waals surface area contributed by atoms with Gasteiger partial charge < -0.3 is 10.8 Å². The van der Waals surface area contributed by atoms with E-state index in [1.54, 1.807) is 6.92 Å². The lowest BCUT2D eigenvalue weighted by Crippen LogP contribution is -2.21. The summed E-state index contributed by atoms with van der Waals surface area (Å²) in [7, 11) is 0. The van der Waals surface area contributed by atoms with Crippen molar-refractivity contribution in [2.45, 2.75) is 25.2 Å². The first-order valence-electron chi connectivity index (χ1n) is 4.79. The van der Waals surface area contributed by atoms with Gasteiger partial charge in [-0.05, 0) is 43.0 Å². The van der Waals surface area contributed by atoms with E-state index >= 15 is 0 Å². The summed E-state index contributed by atoms with van der Waals surface area (Å²) in [5.41, 5.74) is 6.55. The van der Waals surface area contributed by atoms with Gasteiger partial charge in [0.05, 0.1) is 0 Å². The number of benzene rings is 1. The lowest BCUT2D eigenvalue weighted by molar-refractivity contribution is 0.464. The Morgan fingerprint density at radius 1 is 1.50 bits per heavy atom. The van der Waals surface area contributed by atoms with E-state index in [1.165, 1.54) is 12.1 Å². The molecule has 1 aromatic rings. The zero-order chi connectivity index (χ0) is 10.3. The number of hydrogen-bond acceptors (Lipinski definition) is 2. The molecule has 0 aromatic heterocycles. The molecular formula is C11H14FNO. The first kappa shape index (κ1) is 9.46.